The SMILES string of the molecule is CC[C@H]1CN(C(=O)Nc2ccc(OC(C)C)cc2C)CCN1c1nc(N)nc2c(C)noc12. The van der Waals surface area contributed by atoms with Crippen molar-refractivity contribution in [1.29, 1.82) is 0 Å². The summed E-state index contributed by atoms with van der Waals surface area (Å²) in [6, 6.07) is 5.61. The van der Waals surface area contributed by atoms with E-state index in [-0.39, 0.29) is 24.1 Å². The molecule has 0 aliphatic carbocycles. The molecule has 2 amide bonds. The molecule has 3 aromatic rings. The van der Waals surface area contributed by atoms with Gasteiger partial charge >= 0.3 is 6.03 Å². The number of nitrogens with one attached hydrogen (secondary N) is 1. The van der Waals surface area contributed by atoms with Crippen LogP contribution in [-0.4, -0.2) is 57.8 Å². The normalized spacial score (nSPS) is 16.5. The highest BCUT2D eigenvalue weighted by molar-refractivity contribution is 5.91. The highest BCUT2D eigenvalue weighted by Gasteiger charge is 2.32. The molecule has 4 rings (SSSR count). The topological polar surface area (TPSA) is 123 Å². The largest absolute Gasteiger partial charge is 0.491 e. The molecule has 0 unspecified atom stereocenters. The van der Waals surface area contributed by atoms with Crippen molar-refractivity contribution in [3.8, 4) is 5.75 Å². The Hall–Kier alpha value is -3.56. The van der Waals surface area contributed by atoms with Crippen LogP contribution in [0.4, 0.5) is 22.2 Å². The molecule has 33 heavy (non-hydrogen) atoms. The minimum atomic E-state index is -0.128. The summed E-state index contributed by atoms with van der Waals surface area (Å²) in [5.41, 5.74) is 9.50. The van der Waals surface area contributed by atoms with Crippen LogP contribution in [0.5, 0.6) is 5.75 Å². The minimum Gasteiger partial charge on any atom is -0.491 e. The van der Waals surface area contributed by atoms with Gasteiger partial charge in [0, 0.05) is 31.4 Å². The number of anilines is 3. The number of ether oxygens (including phenoxy) is 1. The van der Waals surface area contributed by atoms with E-state index in [4.69, 9.17) is 15.0 Å². The summed E-state index contributed by atoms with van der Waals surface area (Å²) in [5, 5.41) is 7.06. The van der Waals surface area contributed by atoms with Crippen molar-refractivity contribution < 1.29 is 14.1 Å². The number of aromatic nitrogens is 3. The second kappa shape index (κ2) is 9.13. The van der Waals surface area contributed by atoms with Crippen LogP contribution in [0, 0.1) is 13.8 Å². The Morgan fingerprint density at radius 3 is 2.79 bits per heavy atom. The zero-order valence-electron chi connectivity index (χ0n) is 19.8. The number of nitrogens with two attached hydrogens (primary N) is 1. The van der Waals surface area contributed by atoms with Crippen molar-refractivity contribution in [3.05, 3.63) is 29.5 Å². The van der Waals surface area contributed by atoms with E-state index in [1.165, 1.54) is 0 Å². The van der Waals surface area contributed by atoms with E-state index in [2.05, 4.69) is 32.3 Å². The number of benzene rings is 1. The fraction of sp³-hybridized carbons (Fsp3) is 0.478. The molecule has 10 heteroatoms. The fourth-order valence-electron chi connectivity index (χ4n) is 4.12. The molecule has 1 fully saturated rings. The van der Waals surface area contributed by atoms with Gasteiger partial charge in [0.15, 0.2) is 5.82 Å². The summed E-state index contributed by atoms with van der Waals surface area (Å²) in [4.78, 5) is 25.7. The average molecular weight is 454 g/mol. The third-order valence-electron chi connectivity index (χ3n) is 5.81. The molecule has 0 radical (unpaired) electrons. The first-order valence-electron chi connectivity index (χ1n) is 11.3. The maximum absolute atomic E-state index is 13.0. The van der Waals surface area contributed by atoms with Gasteiger partial charge in [-0.15, -0.1) is 0 Å². The van der Waals surface area contributed by atoms with Crippen molar-refractivity contribution >= 4 is 34.6 Å². The Bertz CT molecular complexity index is 1160. The molecule has 1 aromatic carbocycles. The van der Waals surface area contributed by atoms with Crippen LogP contribution in [0.25, 0.3) is 11.1 Å². The van der Waals surface area contributed by atoms with Crippen LogP contribution >= 0.6 is 0 Å². The van der Waals surface area contributed by atoms with Crippen molar-refractivity contribution in [2.24, 2.45) is 0 Å². The highest BCUT2D eigenvalue weighted by atomic mass is 16.5. The molecule has 176 valence electrons. The zero-order valence-corrected chi connectivity index (χ0v) is 19.8. The lowest BCUT2D eigenvalue weighted by atomic mass is 10.1. The van der Waals surface area contributed by atoms with Crippen molar-refractivity contribution in [1.82, 2.24) is 20.0 Å². The first-order valence-corrected chi connectivity index (χ1v) is 11.3. The number of nitrogens with zero attached hydrogens (tertiary/aromatic N) is 5. The molecule has 1 aliphatic rings. The molecule has 1 aliphatic heterocycles. The van der Waals surface area contributed by atoms with Crippen LogP contribution in [0.2, 0.25) is 0 Å². The average Bonchev–Trinajstić information content (AvgIpc) is 3.14. The third kappa shape index (κ3) is 4.64. The van der Waals surface area contributed by atoms with Gasteiger partial charge in [-0.3, -0.25) is 0 Å². The second-order valence-corrected chi connectivity index (χ2v) is 8.63. The molecule has 0 bridgehead atoms. The molecule has 3 N–H and O–H groups in total. The summed E-state index contributed by atoms with van der Waals surface area (Å²) in [6.07, 6.45) is 0.919. The Morgan fingerprint density at radius 1 is 1.30 bits per heavy atom. The Labute approximate surface area is 193 Å². The van der Waals surface area contributed by atoms with Gasteiger partial charge in [-0.25, -0.2) is 9.78 Å². The molecule has 1 atom stereocenters. The second-order valence-electron chi connectivity index (χ2n) is 8.63. The third-order valence-corrected chi connectivity index (χ3v) is 5.81. The van der Waals surface area contributed by atoms with Crippen LogP contribution in [-0.2, 0) is 0 Å². The standard InChI is InChI=1S/C23H31N7O3/c1-6-16-12-29(23(31)25-18-8-7-17(11-14(18)4)32-13(2)3)9-10-30(16)21-20-19(15(5)28-33-20)26-22(24)27-21/h7-8,11,13,16H,6,9-10,12H2,1-5H3,(H,25,31)(H2,24,26,27)/t16-/m0/s1. The van der Waals surface area contributed by atoms with E-state index < -0.39 is 0 Å². The van der Waals surface area contributed by atoms with Crippen LogP contribution in [0.15, 0.2) is 22.7 Å². The molecule has 3 heterocycles. The monoisotopic (exact) mass is 453 g/mol. The molecule has 10 nitrogen and oxygen atoms in total. The number of nitrogen functional groups attached to an aromatic ring is 1. The molecule has 1 saturated heterocycles. The summed E-state index contributed by atoms with van der Waals surface area (Å²) >= 11 is 0. The smallest absolute Gasteiger partial charge is 0.321 e. The number of rotatable bonds is 5. The zero-order chi connectivity index (χ0) is 23.7. The van der Waals surface area contributed by atoms with Gasteiger partial charge in [0.25, 0.3) is 0 Å². The number of fused-ring (bicyclic) bond motifs is 1. The predicted octanol–water partition coefficient (Wildman–Crippen LogP) is 3.74. The van der Waals surface area contributed by atoms with Gasteiger partial charge in [-0.1, -0.05) is 12.1 Å². The molecule has 0 saturated carbocycles. The van der Waals surface area contributed by atoms with E-state index in [9.17, 15) is 4.79 Å². The van der Waals surface area contributed by atoms with Crippen molar-refractivity contribution in [3.63, 3.8) is 0 Å². The van der Waals surface area contributed by atoms with Crippen molar-refractivity contribution in [2.45, 2.75) is 53.2 Å². The van der Waals surface area contributed by atoms with E-state index in [0.29, 0.717) is 42.2 Å². The number of amides is 2. The molecular formula is C23H31N7O3. The quantitative estimate of drug-likeness (QED) is 0.599. The lowest BCUT2D eigenvalue weighted by Crippen LogP contribution is -2.56. The number of aryl methyl sites for hydroxylation is 2. The number of piperazine rings is 1. The van der Waals surface area contributed by atoms with Gasteiger partial charge < -0.3 is 30.1 Å². The number of hydrogen-bond acceptors (Lipinski definition) is 8. The van der Waals surface area contributed by atoms with E-state index in [1.54, 1.807) is 0 Å². The van der Waals surface area contributed by atoms with Crippen LogP contribution < -0.4 is 20.7 Å². The summed E-state index contributed by atoms with van der Waals surface area (Å²) in [6.45, 7) is 11.5. The molecule has 2 aromatic heterocycles. The number of hydrogen-bond donors (Lipinski definition) is 2. The van der Waals surface area contributed by atoms with E-state index in [0.717, 1.165) is 23.4 Å². The van der Waals surface area contributed by atoms with Gasteiger partial charge in [0.1, 0.15) is 17.0 Å². The molecule has 0 spiro atoms. The summed E-state index contributed by atoms with van der Waals surface area (Å²) < 4.78 is 11.2. The first kappa shape index (κ1) is 22.6. The number of carbonyl (C=O) groups excluding carboxylic acids is 1. The number of urea groups is 1. The molecular weight excluding hydrogens is 422 g/mol. The number of carbonyl (C=O) groups is 1. The Kier molecular flexibility index (Phi) is 6.26. The Balaban J connectivity index is 1.49. The summed E-state index contributed by atoms with van der Waals surface area (Å²) in [5.74, 6) is 1.60. The Morgan fingerprint density at radius 2 is 2.09 bits per heavy atom. The van der Waals surface area contributed by atoms with Gasteiger partial charge in [0.2, 0.25) is 11.5 Å². The fourth-order valence-corrected chi connectivity index (χ4v) is 4.12. The highest BCUT2D eigenvalue weighted by Crippen LogP contribution is 2.30. The maximum Gasteiger partial charge on any atom is 0.321 e. The van der Waals surface area contributed by atoms with Crippen molar-refractivity contribution in [2.75, 3.05) is 35.6 Å². The van der Waals surface area contributed by atoms with E-state index >= 15 is 0 Å². The lowest BCUT2D eigenvalue weighted by molar-refractivity contribution is 0.197. The lowest BCUT2D eigenvalue weighted by Gasteiger charge is -2.41. The van der Waals surface area contributed by atoms with Crippen LogP contribution in [0.1, 0.15) is 38.4 Å². The van der Waals surface area contributed by atoms with Gasteiger partial charge in [-0.2, -0.15) is 4.98 Å². The minimum absolute atomic E-state index is 0.0512. The van der Waals surface area contributed by atoms with Gasteiger partial charge in [-0.05, 0) is 57.9 Å². The van der Waals surface area contributed by atoms with Crippen LogP contribution in [0.3, 0.4) is 0 Å². The van der Waals surface area contributed by atoms with Gasteiger partial charge in [0.05, 0.1) is 6.10 Å². The first-order chi connectivity index (χ1) is 15.8. The van der Waals surface area contributed by atoms with E-state index in [1.807, 2.05) is 50.8 Å². The predicted molar refractivity (Wildman–Crippen MR) is 128 cm³/mol. The maximum atomic E-state index is 13.0. The summed E-state index contributed by atoms with van der Waals surface area (Å²) in [7, 11) is 0.